The van der Waals surface area contributed by atoms with Crippen molar-refractivity contribution in [1.29, 1.82) is 0 Å². The fourth-order valence-corrected chi connectivity index (χ4v) is 3.68. The molecule has 0 spiro atoms. The number of carboxylic acids is 1. The number of amides is 4. The standard InChI is InChI=1S/C24H34N6O6/c1-12(2)8-16(25)21(32)29-19(10-20(26)31)23(34)30-18(22(33)28-13(3)24(35)36)9-14-11-27-17-7-5-4-6-15(14)17/h4-7,11-13,16,18-19,27H,8-10,25H2,1-3H3,(H2,26,31)(H,28,33)(H,29,32)(H,30,34)(H,35,36). The summed E-state index contributed by atoms with van der Waals surface area (Å²) in [5, 5.41) is 17.3. The highest BCUT2D eigenvalue weighted by molar-refractivity contribution is 5.96. The maximum Gasteiger partial charge on any atom is 0.325 e. The van der Waals surface area contributed by atoms with E-state index in [1.54, 1.807) is 6.20 Å². The quantitative estimate of drug-likeness (QED) is 0.191. The van der Waals surface area contributed by atoms with E-state index in [9.17, 15) is 29.1 Å². The van der Waals surface area contributed by atoms with Crippen LogP contribution >= 0.6 is 0 Å². The number of nitrogens with one attached hydrogen (secondary N) is 4. The van der Waals surface area contributed by atoms with E-state index in [0.717, 1.165) is 10.9 Å². The Labute approximate surface area is 208 Å². The molecule has 0 aliphatic heterocycles. The van der Waals surface area contributed by atoms with E-state index in [-0.39, 0.29) is 12.3 Å². The lowest BCUT2D eigenvalue weighted by atomic mass is 10.0. The van der Waals surface area contributed by atoms with Gasteiger partial charge in [0.1, 0.15) is 18.1 Å². The molecule has 4 unspecified atom stereocenters. The van der Waals surface area contributed by atoms with Gasteiger partial charge >= 0.3 is 5.97 Å². The zero-order valence-corrected chi connectivity index (χ0v) is 20.5. The number of H-pyrrole nitrogens is 1. The van der Waals surface area contributed by atoms with E-state index >= 15 is 0 Å². The molecular formula is C24H34N6O6. The fraction of sp³-hybridized carbons (Fsp3) is 0.458. The smallest absolute Gasteiger partial charge is 0.325 e. The maximum absolute atomic E-state index is 13.1. The summed E-state index contributed by atoms with van der Waals surface area (Å²) in [5.74, 6) is -4.19. The van der Waals surface area contributed by atoms with Crippen molar-refractivity contribution in [2.24, 2.45) is 17.4 Å². The first-order valence-electron chi connectivity index (χ1n) is 11.6. The largest absolute Gasteiger partial charge is 0.480 e. The fourth-order valence-electron chi connectivity index (χ4n) is 3.68. The predicted molar refractivity (Wildman–Crippen MR) is 132 cm³/mol. The summed E-state index contributed by atoms with van der Waals surface area (Å²) >= 11 is 0. The van der Waals surface area contributed by atoms with Crippen LogP contribution in [0.4, 0.5) is 0 Å². The average molecular weight is 503 g/mol. The number of aromatic amines is 1. The minimum Gasteiger partial charge on any atom is -0.480 e. The molecule has 2 aromatic rings. The zero-order chi connectivity index (χ0) is 27.0. The Morgan fingerprint density at radius 1 is 0.944 bits per heavy atom. The van der Waals surface area contributed by atoms with Gasteiger partial charge in [-0.05, 0) is 30.9 Å². The predicted octanol–water partition coefficient (Wildman–Crippen LogP) is -0.482. The number of carboxylic acid groups (broad SMARTS) is 1. The van der Waals surface area contributed by atoms with Gasteiger partial charge in [-0.25, -0.2) is 0 Å². The van der Waals surface area contributed by atoms with Crippen molar-refractivity contribution in [3.8, 4) is 0 Å². The van der Waals surface area contributed by atoms with Gasteiger partial charge in [0.25, 0.3) is 0 Å². The normalized spacial score (nSPS) is 14.5. The maximum atomic E-state index is 13.1. The Balaban J connectivity index is 2.27. The number of primary amides is 1. The number of aromatic nitrogens is 1. The minimum absolute atomic E-state index is 0.0119. The molecular weight excluding hydrogens is 468 g/mol. The van der Waals surface area contributed by atoms with Crippen molar-refractivity contribution in [3.05, 3.63) is 36.0 Å². The van der Waals surface area contributed by atoms with E-state index in [4.69, 9.17) is 11.5 Å². The van der Waals surface area contributed by atoms with Crippen LogP contribution in [0.25, 0.3) is 10.9 Å². The van der Waals surface area contributed by atoms with Crippen molar-refractivity contribution in [3.63, 3.8) is 0 Å². The van der Waals surface area contributed by atoms with E-state index in [1.165, 1.54) is 6.92 Å². The van der Waals surface area contributed by atoms with Gasteiger partial charge in [-0.2, -0.15) is 0 Å². The van der Waals surface area contributed by atoms with Gasteiger partial charge in [-0.1, -0.05) is 32.0 Å². The summed E-state index contributed by atoms with van der Waals surface area (Å²) in [5.41, 5.74) is 12.7. The van der Waals surface area contributed by atoms with Crippen molar-refractivity contribution < 1.29 is 29.1 Å². The molecule has 36 heavy (non-hydrogen) atoms. The van der Waals surface area contributed by atoms with Crippen molar-refractivity contribution in [1.82, 2.24) is 20.9 Å². The highest BCUT2D eigenvalue weighted by atomic mass is 16.4. The summed E-state index contributed by atoms with van der Waals surface area (Å²) in [6.45, 7) is 5.05. The van der Waals surface area contributed by atoms with Crippen LogP contribution in [0.15, 0.2) is 30.5 Å². The number of nitrogens with two attached hydrogens (primary N) is 2. The molecule has 1 aromatic heterocycles. The number of fused-ring (bicyclic) bond motifs is 1. The Morgan fingerprint density at radius 3 is 2.17 bits per heavy atom. The monoisotopic (exact) mass is 502 g/mol. The molecule has 0 fully saturated rings. The van der Waals surface area contributed by atoms with Crippen LogP contribution in [0, 0.1) is 5.92 Å². The molecule has 9 N–H and O–H groups in total. The summed E-state index contributed by atoms with van der Waals surface area (Å²) in [6, 6.07) is 2.63. The molecule has 4 amide bonds. The van der Waals surface area contributed by atoms with Crippen LogP contribution in [0.1, 0.15) is 39.2 Å². The number of aliphatic carboxylic acids is 1. The van der Waals surface area contributed by atoms with Gasteiger partial charge in [0, 0.05) is 23.5 Å². The second-order valence-electron chi connectivity index (χ2n) is 9.16. The first-order chi connectivity index (χ1) is 16.9. The van der Waals surface area contributed by atoms with Gasteiger partial charge in [-0.15, -0.1) is 0 Å². The first-order valence-corrected chi connectivity index (χ1v) is 11.6. The Morgan fingerprint density at radius 2 is 1.56 bits per heavy atom. The van der Waals surface area contributed by atoms with Gasteiger partial charge in [0.2, 0.25) is 23.6 Å². The molecule has 0 aliphatic carbocycles. The van der Waals surface area contributed by atoms with Gasteiger partial charge in [-0.3, -0.25) is 24.0 Å². The lowest BCUT2D eigenvalue weighted by Crippen LogP contribution is -2.58. The zero-order valence-electron chi connectivity index (χ0n) is 20.5. The van der Waals surface area contributed by atoms with Crippen molar-refractivity contribution >= 4 is 40.5 Å². The topological polar surface area (TPSA) is 209 Å². The van der Waals surface area contributed by atoms with E-state index in [0.29, 0.717) is 12.0 Å². The Hall–Kier alpha value is -3.93. The van der Waals surface area contributed by atoms with Crippen molar-refractivity contribution in [2.45, 2.75) is 64.2 Å². The molecule has 12 heteroatoms. The lowest BCUT2D eigenvalue weighted by Gasteiger charge is -2.24. The minimum atomic E-state index is -1.37. The highest BCUT2D eigenvalue weighted by Crippen LogP contribution is 2.19. The van der Waals surface area contributed by atoms with Crippen LogP contribution in [0.2, 0.25) is 0 Å². The molecule has 4 atom stereocenters. The van der Waals surface area contributed by atoms with Crippen LogP contribution in [0.5, 0.6) is 0 Å². The highest BCUT2D eigenvalue weighted by Gasteiger charge is 2.31. The van der Waals surface area contributed by atoms with Gasteiger partial charge < -0.3 is 37.5 Å². The SMILES string of the molecule is CC(C)CC(N)C(=O)NC(CC(N)=O)C(=O)NC(Cc1c[nH]c2ccccc12)C(=O)NC(C)C(=O)O. The number of benzene rings is 1. The van der Waals surface area contributed by atoms with E-state index < -0.39 is 60.2 Å². The van der Waals surface area contributed by atoms with Crippen LogP contribution in [-0.2, 0) is 30.4 Å². The molecule has 0 aliphatic rings. The molecule has 0 bridgehead atoms. The summed E-state index contributed by atoms with van der Waals surface area (Å²) < 4.78 is 0. The Bertz CT molecular complexity index is 1110. The van der Waals surface area contributed by atoms with Crippen LogP contribution in [-0.4, -0.2) is 63.9 Å². The number of carbonyl (C=O) groups excluding carboxylic acids is 4. The summed E-state index contributed by atoms with van der Waals surface area (Å²) in [7, 11) is 0. The van der Waals surface area contributed by atoms with Crippen LogP contribution < -0.4 is 27.4 Å². The van der Waals surface area contributed by atoms with Gasteiger partial charge in [0.15, 0.2) is 0 Å². The first kappa shape index (κ1) is 28.3. The molecule has 1 aromatic carbocycles. The lowest BCUT2D eigenvalue weighted by molar-refractivity contribution is -0.142. The molecule has 0 saturated carbocycles. The number of hydrogen-bond acceptors (Lipinski definition) is 6. The molecule has 0 saturated heterocycles. The van der Waals surface area contributed by atoms with E-state index in [1.807, 2.05) is 38.1 Å². The second kappa shape index (κ2) is 12.7. The molecule has 2 rings (SSSR count). The van der Waals surface area contributed by atoms with Crippen LogP contribution in [0.3, 0.4) is 0 Å². The number of para-hydroxylation sites is 1. The summed E-state index contributed by atoms with van der Waals surface area (Å²) in [4.78, 5) is 64.5. The number of rotatable bonds is 13. The van der Waals surface area contributed by atoms with Crippen molar-refractivity contribution in [2.75, 3.05) is 0 Å². The summed E-state index contributed by atoms with van der Waals surface area (Å²) in [6.07, 6.45) is 1.54. The van der Waals surface area contributed by atoms with E-state index in [2.05, 4.69) is 20.9 Å². The average Bonchev–Trinajstić information content (AvgIpc) is 3.20. The third-order valence-electron chi connectivity index (χ3n) is 5.56. The third kappa shape index (κ3) is 8.08. The molecule has 1 heterocycles. The number of hydrogen-bond donors (Lipinski definition) is 7. The third-order valence-corrected chi connectivity index (χ3v) is 5.56. The number of carbonyl (C=O) groups is 5. The second-order valence-corrected chi connectivity index (χ2v) is 9.16. The Kier molecular flexibility index (Phi) is 9.97. The molecule has 12 nitrogen and oxygen atoms in total. The molecule has 0 radical (unpaired) electrons. The van der Waals surface area contributed by atoms with Gasteiger partial charge in [0.05, 0.1) is 12.5 Å². The molecule has 196 valence electrons.